The number of hydrogen-bond acceptors (Lipinski definition) is 0. The first-order valence-electron chi connectivity index (χ1n) is 6.55. The van der Waals surface area contributed by atoms with E-state index in [1.165, 1.54) is 33.4 Å². The van der Waals surface area contributed by atoms with Crippen LogP contribution in [0.4, 0.5) is 0 Å². The quantitative estimate of drug-likeness (QED) is 0.654. The first-order valence-corrected chi connectivity index (χ1v) is 6.55. The highest BCUT2D eigenvalue weighted by Gasteiger charge is 2.23. The van der Waals surface area contributed by atoms with Gasteiger partial charge in [-0.2, -0.15) is 0 Å². The molecule has 0 saturated heterocycles. The Labute approximate surface area is 109 Å². The van der Waals surface area contributed by atoms with Gasteiger partial charge in [-0.05, 0) is 41.7 Å². The normalized spacial score (nSPS) is 17.5. The Balaban J connectivity index is 2.08. The van der Waals surface area contributed by atoms with Gasteiger partial charge < -0.3 is 0 Å². The van der Waals surface area contributed by atoms with E-state index in [1.807, 2.05) is 0 Å². The molecule has 0 heterocycles. The molecule has 0 aromatic heterocycles. The van der Waals surface area contributed by atoms with Crippen molar-refractivity contribution in [2.75, 3.05) is 0 Å². The second-order valence-corrected chi connectivity index (χ2v) is 5.27. The van der Waals surface area contributed by atoms with Gasteiger partial charge in [-0.15, -0.1) is 0 Å². The first kappa shape index (κ1) is 11.3. The lowest BCUT2D eigenvalue weighted by molar-refractivity contribution is 0.991. The maximum atomic E-state index is 2.34. The number of aryl methyl sites for hydroxylation is 2. The van der Waals surface area contributed by atoms with Crippen LogP contribution in [0.25, 0.3) is 11.6 Å². The molecule has 2 aromatic rings. The molecule has 1 aliphatic rings. The van der Waals surface area contributed by atoms with Gasteiger partial charge in [0.15, 0.2) is 0 Å². The highest BCUT2D eigenvalue weighted by atomic mass is 14.3. The number of rotatable bonds is 1. The maximum absolute atomic E-state index is 2.34. The average Bonchev–Trinajstić information content (AvgIpc) is 2.69. The standard InChI is InChI=1S/C18H18/c1-12-7-9-15(10-8-12)17-11-16-6-4-5-13(2)18(16)14(17)3/h4-11,14H,1-3H3. The third kappa shape index (κ3) is 1.69. The third-order valence-electron chi connectivity index (χ3n) is 3.95. The Bertz CT molecular complexity index is 615. The molecular weight excluding hydrogens is 216 g/mol. The van der Waals surface area contributed by atoms with E-state index < -0.39 is 0 Å². The molecule has 0 bridgehead atoms. The van der Waals surface area contributed by atoms with Crippen LogP contribution in [0.15, 0.2) is 42.5 Å². The summed E-state index contributed by atoms with van der Waals surface area (Å²) < 4.78 is 0. The largest absolute Gasteiger partial charge is 0.0614 e. The van der Waals surface area contributed by atoms with E-state index >= 15 is 0 Å². The summed E-state index contributed by atoms with van der Waals surface area (Å²) in [6.07, 6.45) is 2.34. The summed E-state index contributed by atoms with van der Waals surface area (Å²) in [4.78, 5) is 0. The maximum Gasteiger partial charge on any atom is 0.00757 e. The monoisotopic (exact) mass is 234 g/mol. The zero-order valence-electron chi connectivity index (χ0n) is 11.2. The number of allylic oxidation sites excluding steroid dienone is 1. The van der Waals surface area contributed by atoms with Crippen molar-refractivity contribution in [3.05, 3.63) is 70.3 Å². The van der Waals surface area contributed by atoms with Crippen LogP contribution in [0.2, 0.25) is 0 Å². The Morgan fingerprint density at radius 2 is 1.61 bits per heavy atom. The van der Waals surface area contributed by atoms with E-state index in [4.69, 9.17) is 0 Å². The second-order valence-electron chi connectivity index (χ2n) is 5.27. The molecule has 0 fully saturated rings. The predicted molar refractivity (Wildman–Crippen MR) is 78.6 cm³/mol. The summed E-state index contributed by atoms with van der Waals surface area (Å²) >= 11 is 0. The molecule has 1 atom stereocenters. The van der Waals surface area contributed by atoms with Crippen LogP contribution in [-0.4, -0.2) is 0 Å². The molecular formula is C18H18. The van der Waals surface area contributed by atoms with E-state index in [-0.39, 0.29) is 0 Å². The van der Waals surface area contributed by atoms with E-state index in [1.54, 1.807) is 0 Å². The molecule has 0 radical (unpaired) electrons. The summed E-state index contributed by atoms with van der Waals surface area (Å²) in [5.74, 6) is 0.504. The fourth-order valence-corrected chi connectivity index (χ4v) is 2.95. The smallest absolute Gasteiger partial charge is 0.00757 e. The van der Waals surface area contributed by atoms with Crippen molar-refractivity contribution in [2.24, 2.45) is 0 Å². The molecule has 0 spiro atoms. The van der Waals surface area contributed by atoms with Crippen molar-refractivity contribution in [2.45, 2.75) is 26.7 Å². The van der Waals surface area contributed by atoms with Crippen molar-refractivity contribution >= 4 is 11.6 Å². The lowest BCUT2D eigenvalue weighted by Crippen LogP contribution is -1.96. The SMILES string of the molecule is Cc1ccc(C2=Cc3cccc(C)c3C2C)cc1. The second kappa shape index (κ2) is 4.13. The number of benzene rings is 2. The van der Waals surface area contributed by atoms with Crippen molar-refractivity contribution in [1.82, 2.24) is 0 Å². The van der Waals surface area contributed by atoms with Crippen LogP contribution in [0.3, 0.4) is 0 Å². The van der Waals surface area contributed by atoms with Gasteiger partial charge in [0.25, 0.3) is 0 Å². The average molecular weight is 234 g/mol. The lowest BCUT2D eigenvalue weighted by atomic mass is 9.90. The topological polar surface area (TPSA) is 0 Å². The Morgan fingerprint density at radius 1 is 0.889 bits per heavy atom. The summed E-state index contributed by atoms with van der Waals surface area (Å²) in [6.45, 7) is 6.65. The van der Waals surface area contributed by atoms with Gasteiger partial charge in [0.05, 0.1) is 0 Å². The van der Waals surface area contributed by atoms with Gasteiger partial charge in [-0.25, -0.2) is 0 Å². The van der Waals surface area contributed by atoms with Gasteiger partial charge >= 0.3 is 0 Å². The summed E-state index contributed by atoms with van der Waals surface area (Å²) in [5.41, 5.74) is 8.39. The Kier molecular flexibility index (Phi) is 2.59. The third-order valence-corrected chi connectivity index (χ3v) is 3.95. The van der Waals surface area contributed by atoms with Crippen molar-refractivity contribution < 1.29 is 0 Å². The van der Waals surface area contributed by atoms with Crippen LogP contribution >= 0.6 is 0 Å². The van der Waals surface area contributed by atoms with Crippen molar-refractivity contribution in [3.8, 4) is 0 Å². The van der Waals surface area contributed by atoms with Crippen LogP contribution in [0.1, 0.15) is 40.7 Å². The molecule has 0 saturated carbocycles. The minimum absolute atomic E-state index is 0.504. The van der Waals surface area contributed by atoms with Crippen molar-refractivity contribution in [3.63, 3.8) is 0 Å². The van der Waals surface area contributed by atoms with Gasteiger partial charge in [0.1, 0.15) is 0 Å². The lowest BCUT2D eigenvalue weighted by Gasteiger charge is -2.14. The van der Waals surface area contributed by atoms with E-state index in [0.717, 1.165) is 0 Å². The zero-order chi connectivity index (χ0) is 12.7. The molecule has 3 rings (SSSR count). The highest BCUT2D eigenvalue weighted by Crippen LogP contribution is 2.42. The van der Waals surface area contributed by atoms with E-state index in [0.29, 0.717) is 5.92 Å². The summed E-state index contributed by atoms with van der Waals surface area (Å²) in [7, 11) is 0. The molecule has 90 valence electrons. The minimum atomic E-state index is 0.504. The molecule has 1 unspecified atom stereocenters. The Morgan fingerprint density at radius 3 is 2.28 bits per heavy atom. The van der Waals surface area contributed by atoms with E-state index in [2.05, 4.69) is 69.3 Å². The predicted octanol–water partition coefficient (Wildman–Crippen LogP) is 4.96. The van der Waals surface area contributed by atoms with Crippen molar-refractivity contribution in [1.29, 1.82) is 0 Å². The molecule has 0 amide bonds. The zero-order valence-corrected chi connectivity index (χ0v) is 11.2. The van der Waals surface area contributed by atoms with Crippen LogP contribution in [0, 0.1) is 13.8 Å². The summed E-state index contributed by atoms with van der Waals surface area (Å²) in [6, 6.07) is 15.4. The van der Waals surface area contributed by atoms with Gasteiger partial charge in [0.2, 0.25) is 0 Å². The first-order chi connectivity index (χ1) is 8.66. The van der Waals surface area contributed by atoms with Gasteiger partial charge in [-0.3, -0.25) is 0 Å². The van der Waals surface area contributed by atoms with Crippen LogP contribution in [0.5, 0.6) is 0 Å². The highest BCUT2D eigenvalue weighted by molar-refractivity contribution is 5.91. The number of hydrogen-bond donors (Lipinski definition) is 0. The molecule has 0 heteroatoms. The molecule has 0 N–H and O–H groups in total. The number of fused-ring (bicyclic) bond motifs is 1. The van der Waals surface area contributed by atoms with Crippen LogP contribution < -0.4 is 0 Å². The molecule has 0 nitrogen and oxygen atoms in total. The van der Waals surface area contributed by atoms with Gasteiger partial charge in [0, 0.05) is 5.92 Å². The molecule has 0 aliphatic heterocycles. The molecule has 1 aliphatic carbocycles. The Hall–Kier alpha value is -1.82. The summed E-state index contributed by atoms with van der Waals surface area (Å²) in [5, 5.41) is 0. The fraction of sp³-hybridized carbons (Fsp3) is 0.222. The fourth-order valence-electron chi connectivity index (χ4n) is 2.95. The van der Waals surface area contributed by atoms with Gasteiger partial charge in [-0.1, -0.05) is 61.0 Å². The molecule has 2 aromatic carbocycles. The van der Waals surface area contributed by atoms with Crippen LogP contribution in [-0.2, 0) is 0 Å². The molecule has 18 heavy (non-hydrogen) atoms. The van der Waals surface area contributed by atoms with E-state index in [9.17, 15) is 0 Å². The minimum Gasteiger partial charge on any atom is -0.0614 e.